The molecule has 0 spiro atoms. The van der Waals surface area contributed by atoms with Crippen molar-refractivity contribution in [3.05, 3.63) is 82.6 Å². The van der Waals surface area contributed by atoms with E-state index < -0.39 is 17.4 Å². The monoisotopic (exact) mass is 429 g/mol. The maximum absolute atomic E-state index is 13.4. The van der Waals surface area contributed by atoms with Gasteiger partial charge in [0, 0.05) is 31.3 Å². The van der Waals surface area contributed by atoms with Crippen molar-refractivity contribution in [2.45, 2.75) is 18.0 Å². The molecule has 0 saturated carbocycles. The second-order valence-electron chi connectivity index (χ2n) is 7.81. The number of benzene rings is 1. The fourth-order valence-corrected chi connectivity index (χ4v) is 4.01. The Morgan fingerprint density at radius 1 is 1.19 bits per heavy atom. The molecule has 0 atom stereocenters. The van der Waals surface area contributed by atoms with E-state index in [2.05, 4.69) is 10.2 Å². The number of rotatable bonds is 4. The van der Waals surface area contributed by atoms with Crippen LogP contribution in [0.2, 0.25) is 0 Å². The van der Waals surface area contributed by atoms with Crippen molar-refractivity contribution in [2.75, 3.05) is 13.2 Å². The second-order valence-corrected chi connectivity index (χ2v) is 7.81. The SMILES string of the molecule is Cn1cnnc1CC1(c2cccc(-n3cc4c(C(F)(F)F)cccn4c3=O)c2)COC1. The van der Waals surface area contributed by atoms with Gasteiger partial charge in [-0.1, -0.05) is 12.1 Å². The summed E-state index contributed by atoms with van der Waals surface area (Å²) in [5, 5.41) is 8.08. The van der Waals surface area contributed by atoms with Crippen LogP contribution >= 0.6 is 0 Å². The number of imidazole rings is 1. The van der Waals surface area contributed by atoms with E-state index in [0.717, 1.165) is 21.9 Å². The maximum Gasteiger partial charge on any atom is 0.418 e. The predicted octanol–water partition coefficient (Wildman–Crippen LogP) is 2.75. The van der Waals surface area contributed by atoms with Crippen molar-refractivity contribution in [1.29, 1.82) is 0 Å². The Kier molecular flexibility index (Phi) is 4.30. The van der Waals surface area contributed by atoms with E-state index in [4.69, 9.17) is 4.74 Å². The van der Waals surface area contributed by atoms with Gasteiger partial charge in [-0.25, -0.2) is 4.79 Å². The highest BCUT2D eigenvalue weighted by Crippen LogP contribution is 2.36. The van der Waals surface area contributed by atoms with Crippen LogP contribution in [0, 0.1) is 0 Å². The van der Waals surface area contributed by atoms with Gasteiger partial charge in [0.1, 0.15) is 12.2 Å². The number of pyridine rings is 1. The third kappa shape index (κ3) is 3.14. The van der Waals surface area contributed by atoms with Gasteiger partial charge in [0.15, 0.2) is 0 Å². The first-order valence-electron chi connectivity index (χ1n) is 9.60. The molecule has 1 aliphatic heterocycles. The third-order valence-corrected chi connectivity index (χ3v) is 5.80. The second kappa shape index (κ2) is 6.81. The van der Waals surface area contributed by atoms with E-state index in [-0.39, 0.29) is 10.9 Å². The highest BCUT2D eigenvalue weighted by Gasteiger charge is 2.42. The van der Waals surface area contributed by atoms with Crippen LogP contribution in [0.25, 0.3) is 11.2 Å². The predicted molar refractivity (Wildman–Crippen MR) is 105 cm³/mol. The number of aromatic nitrogens is 5. The Labute approximate surface area is 174 Å². The normalized spacial score (nSPS) is 15.9. The van der Waals surface area contributed by atoms with Crippen LogP contribution in [-0.2, 0) is 29.8 Å². The number of hydrogen-bond acceptors (Lipinski definition) is 4. The Morgan fingerprint density at radius 3 is 2.65 bits per heavy atom. The van der Waals surface area contributed by atoms with Crippen LogP contribution < -0.4 is 5.69 Å². The molecule has 0 N–H and O–H groups in total. The van der Waals surface area contributed by atoms with Gasteiger partial charge in [0.2, 0.25) is 0 Å². The summed E-state index contributed by atoms with van der Waals surface area (Å²) in [5.74, 6) is 0.801. The summed E-state index contributed by atoms with van der Waals surface area (Å²) in [6.07, 6.45) is 0.233. The van der Waals surface area contributed by atoms with E-state index in [1.165, 1.54) is 23.0 Å². The lowest BCUT2D eigenvalue weighted by molar-refractivity contribution is -0.136. The fourth-order valence-electron chi connectivity index (χ4n) is 4.01. The van der Waals surface area contributed by atoms with Crippen LogP contribution in [0.3, 0.4) is 0 Å². The zero-order valence-electron chi connectivity index (χ0n) is 16.5. The quantitative estimate of drug-likeness (QED) is 0.501. The van der Waals surface area contributed by atoms with Gasteiger partial charge in [0.25, 0.3) is 0 Å². The molecule has 4 heterocycles. The lowest BCUT2D eigenvalue weighted by Crippen LogP contribution is -2.49. The van der Waals surface area contributed by atoms with Gasteiger partial charge in [-0.3, -0.25) is 8.97 Å². The molecule has 0 unspecified atom stereocenters. The van der Waals surface area contributed by atoms with Gasteiger partial charge in [-0.05, 0) is 29.8 Å². The zero-order valence-corrected chi connectivity index (χ0v) is 16.5. The molecule has 1 aromatic carbocycles. The first-order valence-corrected chi connectivity index (χ1v) is 9.60. The van der Waals surface area contributed by atoms with Crippen molar-refractivity contribution >= 4 is 5.52 Å². The van der Waals surface area contributed by atoms with Crippen LogP contribution in [0.5, 0.6) is 0 Å². The summed E-state index contributed by atoms with van der Waals surface area (Å²) < 4.78 is 49.8. The first-order chi connectivity index (χ1) is 14.8. The van der Waals surface area contributed by atoms with E-state index in [0.29, 0.717) is 25.3 Å². The van der Waals surface area contributed by atoms with Crippen molar-refractivity contribution in [3.63, 3.8) is 0 Å². The summed E-state index contributed by atoms with van der Waals surface area (Å²) in [4.78, 5) is 12.9. The lowest BCUT2D eigenvalue weighted by atomic mass is 9.75. The van der Waals surface area contributed by atoms with E-state index >= 15 is 0 Å². The topological polar surface area (TPSA) is 66.3 Å². The van der Waals surface area contributed by atoms with Gasteiger partial charge in [-0.2, -0.15) is 13.2 Å². The summed E-state index contributed by atoms with van der Waals surface area (Å²) in [7, 11) is 1.86. The third-order valence-electron chi connectivity index (χ3n) is 5.80. The Bertz CT molecular complexity index is 1330. The van der Waals surface area contributed by atoms with Crippen molar-refractivity contribution < 1.29 is 17.9 Å². The lowest BCUT2D eigenvalue weighted by Gasteiger charge is -2.41. The summed E-state index contributed by atoms with van der Waals surface area (Å²) >= 11 is 0. The molecule has 0 radical (unpaired) electrons. The molecule has 7 nitrogen and oxygen atoms in total. The van der Waals surface area contributed by atoms with Crippen molar-refractivity contribution in [3.8, 4) is 5.69 Å². The van der Waals surface area contributed by atoms with Crippen LogP contribution in [0.4, 0.5) is 13.2 Å². The molecule has 1 saturated heterocycles. The zero-order chi connectivity index (χ0) is 21.8. The molecule has 1 fully saturated rings. The summed E-state index contributed by atoms with van der Waals surface area (Å²) in [6, 6.07) is 9.45. The molecule has 1 aliphatic rings. The summed E-state index contributed by atoms with van der Waals surface area (Å²) in [6.45, 7) is 0.961. The number of ether oxygens (including phenoxy) is 1. The fraction of sp³-hybridized carbons (Fsp3) is 0.286. The molecule has 0 amide bonds. The van der Waals surface area contributed by atoms with Gasteiger partial charge < -0.3 is 9.30 Å². The average Bonchev–Trinajstić information content (AvgIpc) is 3.27. The van der Waals surface area contributed by atoms with Crippen LogP contribution in [0.15, 0.2) is 59.9 Å². The number of nitrogens with zero attached hydrogens (tertiary/aromatic N) is 5. The molecular weight excluding hydrogens is 411 g/mol. The Hall–Kier alpha value is -3.40. The first kappa shape index (κ1) is 19.6. The largest absolute Gasteiger partial charge is 0.418 e. The minimum atomic E-state index is -4.56. The summed E-state index contributed by atoms with van der Waals surface area (Å²) in [5.41, 5.74) is -0.526. The maximum atomic E-state index is 13.4. The molecule has 4 aromatic rings. The molecule has 31 heavy (non-hydrogen) atoms. The van der Waals surface area contributed by atoms with E-state index in [1.807, 2.05) is 23.7 Å². The van der Waals surface area contributed by atoms with Crippen molar-refractivity contribution in [2.24, 2.45) is 7.05 Å². The molecular formula is C21H18F3N5O2. The number of fused-ring (bicyclic) bond motifs is 1. The molecule has 0 aliphatic carbocycles. The van der Waals surface area contributed by atoms with Crippen LogP contribution in [-0.4, -0.2) is 36.9 Å². The average molecular weight is 429 g/mol. The molecule has 160 valence electrons. The molecule has 5 rings (SSSR count). The Balaban J connectivity index is 1.60. The number of halogens is 3. The Morgan fingerprint density at radius 2 is 2.00 bits per heavy atom. The highest BCUT2D eigenvalue weighted by molar-refractivity contribution is 5.57. The highest BCUT2D eigenvalue weighted by atomic mass is 19.4. The number of hydrogen-bond donors (Lipinski definition) is 0. The number of aryl methyl sites for hydroxylation is 1. The minimum Gasteiger partial charge on any atom is -0.379 e. The van der Waals surface area contributed by atoms with Gasteiger partial charge in [-0.15, -0.1) is 10.2 Å². The molecule has 3 aromatic heterocycles. The minimum absolute atomic E-state index is 0.189. The van der Waals surface area contributed by atoms with E-state index in [9.17, 15) is 18.0 Å². The van der Waals surface area contributed by atoms with E-state index in [1.54, 1.807) is 18.5 Å². The molecule has 0 bridgehead atoms. The molecule has 10 heteroatoms. The van der Waals surface area contributed by atoms with Crippen LogP contribution in [0.1, 0.15) is 17.0 Å². The number of alkyl halides is 3. The van der Waals surface area contributed by atoms with Crippen molar-refractivity contribution in [1.82, 2.24) is 23.7 Å². The smallest absolute Gasteiger partial charge is 0.379 e. The standard InChI is InChI=1S/C21H18F3N5O2/c1-27-13-25-26-18(27)9-20(11-31-12-20)14-4-2-5-15(8-14)29-10-17-16(21(22,23)24)6-3-7-28(17)19(29)30/h2-8,10,13H,9,11-12H2,1H3. The van der Waals surface area contributed by atoms with Gasteiger partial charge in [0.05, 0.1) is 30.0 Å². The van der Waals surface area contributed by atoms with Gasteiger partial charge >= 0.3 is 11.9 Å².